The summed E-state index contributed by atoms with van der Waals surface area (Å²) in [6.45, 7) is 2.59. The van der Waals surface area contributed by atoms with Crippen molar-refractivity contribution in [3.8, 4) is 0 Å². The average Bonchev–Trinajstić information content (AvgIpc) is 2.91. The molecule has 0 fully saturated rings. The molecule has 0 aliphatic rings. The van der Waals surface area contributed by atoms with E-state index in [1.54, 1.807) is 29.7 Å². The van der Waals surface area contributed by atoms with Crippen LogP contribution in [0.15, 0.2) is 30.7 Å². The summed E-state index contributed by atoms with van der Waals surface area (Å²) < 4.78 is 1.61. The first kappa shape index (κ1) is 14.6. The number of carbonyl (C=O) groups is 2. The van der Waals surface area contributed by atoms with Crippen LogP contribution < -0.4 is 11.1 Å². The molecule has 0 radical (unpaired) electrons. The summed E-state index contributed by atoms with van der Waals surface area (Å²) in [5.74, 6) is -1.29. The summed E-state index contributed by atoms with van der Waals surface area (Å²) in [6, 6.07) is 5.18. The molecule has 0 saturated heterocycles. The zero-order valence-electron chi connectivity index (χ0n) is 11.5. The molecule has 0 saturated carbocycles. The minimum absolute atomic E-state index is 0.0204. The van der Waals surface area contributed by atoms with E-state index in [9.17, 15) is 9.59 Å². The molecule has 1 amide bonds. The van der Waals surface area contributed by atoms with Gasteiger partial charge >= 0.3 is 5.97 Å². The van der Waals surface area contributed by atoms with E-state index >= 15 is 0 Å². The SMILES string of the molecule is Cc1c(N)cccc1C(=O)NCCn1cnc(C(=O)O)c1. The molecule has 7 nitrogen and oxygen atoms in total. The number of carbonyl (C=O) groups excluding carboxylic acids is 1. The van der Waals surface area contributed by atoms with Crippen molar-refractivity contribution >= 4 is 17.6 Å². The van der Waals surface area contributed by atoms with Gasteiger partial charge in [0, 0.05) is 30.5 Å². The second-order valence-corrected chi connectivity index (χ2v) is 4.58. The molecule has 7 heteroatoms. The fourth-order valence-electron chi connectivity index (χ4n) is 1.89. The third-order valence-electron chi connectivity index (χ3n) is 3.13. The van der Waals surface area contributed by atoms with Crippen LogP contribution in [0, 0.1) is 6.92 Å². The van der Waals surface area contributed by atoms with Crippen molar-refractivity contribution in [2.45, 2.75) is 13.5 Å². The largest absolute Gasteiger partial charge is 0.476 e. The first-order chi connectivity index (χ1) is 9.99. The Morgan fingerprint density at radius 3 is 2.86 bits per heavy atom. The third kappa shape index (κ3) is 3.38. The van der Waals surface area contributed by atoms with Crippen LogP contribution in [0.1, 0.15) is 26.4 Å². The van der Waals surface area contributed by atoms with Crippen molar-refractivity contribution in [3.63, 3.8) is 0 Å². The van der Waals surface area contributed by atoms with E-state index in [2.05, 4.69) is 10.3 Å². The number of nitrogens with one attached hydrogen (secondary N) is 1. The number of nitrogens with two attached hydrogens (primary N) is 1. The monoisotopic (exact) mass is 288 g/mol. The molecule has 0 aliphatic carbocycles. The average molecular weight is 288 g/mol. The topological polar surface area (TPSA) is 110 Å². The maximum absolute atomic E-state index is 12.0. The van der Waals surface area contributed by atoms with E-state index in [1.807, 2.05) is 0 Å². The van der Waals surface area contributed by atoms with Crippen LogP contribution >= 0.6 is 0 Å². The maximum atomic E-state index is 12.0. The molecule has 1 aromatic heterocycles. The van der Waals surface area contributed by atoms with Gasteiger partial charge in [-0.25, -0.2) is 9.78 Å². The molecular formula is C14H16N4O3. The highest BCUT2D eigenvalue weighted by molar-refractivity contribution is 5.96. The van der Waals surface area contributed by atoms with Gasteiger partial charge in [0.05, 0.1) is 6.33 Å². The van der Waals surface area contributed by atoms with E-state index in [0.29, 0.717) is 24.3 Å². The van der Waals surface area contributed by atoms with Crippen LogP contribution in [0.2, 0.25) is 0 Å². The zero-order chi connectivity index (χ0) is 15.4. The highest BCUT2D eigenvalue weighted by atomic mass is 16.4. The molecule has 0 aliphatic heterocycles. The predicted octanol–water partition coefficient (Wildman–Crippen LogP) is 0.902. The van der Waals surface area contributed by atoms with E-state index in [0.717, 1.165) is 5.56 Å². The van der Waals surface area contributed by atoms with Crippen molar-refractivity contribution in [2.24, 2.45) is 0 Å². The summed E-state index contributed by atoms with van der Waals surface area (Å²) in [5, 5.41) is 11.5. The number of anilines is 1. The Morgan fingerprint density at radius 1 is 1.43 bits per heavy atom. The van der Waals surface area contributed by atoms with Crippen LogP contribution in [0.3, 0.4) is 0 Å². The van der Waals surface area contributed by atoms with Gasteiger partial charge in [-0.2, -0.15) is 0 Å². The highest BCUT2D eigenvalue weighted by Crippen LogP contribution is 2.15. The molecule has 110 valence electrons. The van der Waals surface area contributed by atoms with Gasteiger partial charge in [-0.15, -0.1) is 0 Å². The summed E-state index contributed by atoms with van der Waals surface area (Å²) in [4.78, 5) is 26.5. The van der Waals surface area contributed by atoms with Crippen LogP contribution in [0.25, 0.3) is 0 Å². The summed E-state index contributed by atoms with van der Waals surface area (Å²) in [6.07, 6.45) is 2.83. The number of amides is 1. The van der Waals surface area contributed by atoms with E-state index in [1.165, 1.54) is 12.5 Å². The number of carboxylic acids is 1. The number of carboxylic acid groups (broad SMARTS) is 1. The first-order valence-corrected chi connectivity index (χ1v) is 6.37. The minimum Gasteiger partial charge on any atom is -0.476 e. The van der Waals surface area contributed by atoms with Gasteiger partial charge in [0.25, 0.3) is 5.91 Å². The summed E-state index contributed by atoms with van der Waals surface area (Å²) in [5.41, 5.74) is 7.59. The Hall–Kier alpha value is -2.83. The maximum Gasteiger partial charge on any atom is 0.356 e. The van der Waals surface area contributed by atoms with Crippen LogP contribution in [-0.4, -0.2) is 33.1 Å². The number of nitrogen functional groups attached to an aromatic ring is 1. The molecule has 1 aromatic carbocycles. The smallest absolute Gasteiger partial charge is 0.356 e. The second kappa shape index (κ2) is 6.08. The van der Waals surface area contributed by atoms with Gasteiger partial charge in [-0.3, -0.25) is 4.79 Å². The number of aromatic nitrogens is 2. The van der Waals surface area contributed by atoms with E-state index < -0.39 is 5.97 Å². The molecular weight excluding hydrogens is 272 g/mol. The predicted molar refractivity (Wildman–Crippen MR) is 77.1 cm³/mol. The van der Waals surface area contributed by atoms with Gasteiger partial charge in [0.2, 0.25) is 0 Å². The zero-order valence-corrected chi connectivity index (χ0v) is 11.5. The number of hydrogen-bond acceptors (Lipinski definition) is 4. The van der Waals surface area contributed by atoms with Gasteiger partial charge < -0.3 is 20.7 Å². The minimum atomic E-state index is -1.08. The van der Waals surface area contributed by atoms with Gasteiger partial charge in [0.1, 0.15) is 0 Å². The molecule has 2 aromatic rings. The first-order valence-electron chi connectivity index (χ1n) is 6.37. The van der Waals surface area contributed by atoms with Gasteiger partial charge in [-0.1, -0.05) is 6.07 Å². The Labute approximate surface area is 121 Å². The Bertz CT molecular complexity index is 679. The fourth-order valence-corrected chi connectivity index (χ4v) is 1.89. The lowest BCUT2D eigenvalue weighted by Crippen LogP contribution is -2.27. The number of aromatic carboxylic acids is 1. The molecule has 1 heterocycles. The van der Waals surface area contributed by atoms with E-state index in [-0.39, 0.29) is 11.6 Å². The normalized spacial score (nSPS) is 10.3. The quantitative estimate of drug-likeness (QED) is 0.708. The van der Waals surface area contributed by atoms with E-state index in [4.69, 9.17) is 10.8 Å². The van der Waals surface area contributed by atoms with Crippen LogP contribution in [0.4, 0.5) is 5.69 Å². The molecule has 0 atom stereocenters. The fraction of sp³-hybridized carbons (Fsp3) is 0.214. The molecule has 2 rings (SSSR count). The van der Waals surface area contributed by atoms with Crippen molar-refractivity contribution in [3.05, 3.63) is 47.5 Å². The number of benzene rings is 1. The molecule has 21 heavy (non-hydrogen) atoms. The number of rotatable bonds is 5. The lowest BCUT2D eigenvalue weighted by Gasteiger charge is -2.09. The Morgan fingerprint density at radius 2 is 2.19 bits per heavy atom. The Balaban J connectivity index is 1.92. The lowest BCUT2D eigenvalue weighted by molar-refractivity contribution is 0.0690. The lowest BCUT2D eigenvalue weighted by atomic mass is 10.1. The Kier molecular flexibility index (Phi) is 4.22. The van der Waals surface area contributed by atoms with Crippen molar-refractivity contribution < 1.29 is 14.7 Å². The number of nitrogens with zero attached hydrogens (tertiary/aromatic N) is 2. The van der Waals surface area contributed by atoms with Gasteiger partial charge in [-0.05, 0) is 24.6 Å². The van der Waals surface area contributed by atoms with Crippen molar-refractivity contribution in [2.75, 3.05) is 12.3 Å². The molecule has 0 spiro atoms. The van der Waals surface area contributed by atoms with Gasteiger partial charge in [0.15, 0.2) is 5.69 Å². The number of hydrogen-bond donors (Lipinski definition) is 3. The number of imidazole rings is 1. The van der Waals surface area contributed by atoms with Crippen molar-refractivity contribution in [1.29, 1.82) is 0 Å². The summed E-state index contributed by atoms with van der Waals surface area (Å²) >= 11 is 0. The summed E-state index contributed by atoms with van der Waals surface area (Å²) in [7, 11) is 0. The van der Waals surface area contributed by atoms with Crippen LogP contribution in [0.5, 0.6) is 0 Å². The van der Waals surface area contributed by atoms with Crippen LogP contribution in [-0.2, 0) is 6.54 Å². The standard InChI is InChI=1S/C14H16N4O3/c1-9-10(3-2-4-11(9)15)13(19)16-5-6-18-7-12(14(20)21)17-8-18/h2-4,7-8H,5-6,15H2,1H3,(H,16,19)(H,20,21). The highest BCUT2D eigenvalue weighted by Gasteiger charge is 2.10. The third-order valence-corrected chi connectivity index (χ3v) is 3.13. The molecule has 0 bridgehead atoms. The molecule has 0 unspecified atom stereocenters. The van der Waals surface area contributed by atoms with Crippen molar-refractivity contribution in [1.82, 2.24) is 14.9 Å². The molecule has 4 N–H and O–H groups in total. The second-order valence-electron chi connectivity index (χ2n) is 4.58.